The van der Waals surface area contributed by atoms with E-state index in [1.807, 2.05) is 14.0 Å². The molecule has 0 aromatic heterocycles. The number of halogens is 1. The molecular formula is C13H27IN4O2. The molecule has 0 aliphatic carbocycles. The molecule has 0 saturated carbocycles. The van der Waals surface area contributed by atoms with Crippen LogP contribution in [0.15, 0.2) is 4.99 Å². The van der Waals surface area contributed by atoms with Gasteiger partial charge in [-0.05, 0) is 13.3 Å². The largest absolute Gasteiger partial charge is 0.381 e. The highest BCUT2D eigenvalue weighted by atomic mass is 127. The number of nitrogens with one attached hydrogen (secondary N) is 1. The highest BCUT2D eigenvalue weighted by Crippen LogP contribution is 2.13. The Kier molecular flexibility index (Phi) is 9.91. The van der Waals surface area contributed by atoms with E-state index < -0.39 is 0 Å². The number of hydrogen-bond donors (Lipinski definition) is 1. The summed E-state index contributed by atoms with van der Waals surface area (Å²) in [6.45, 7) is 5.57. The highest BCUT2D eigenvalue weighted by Gasteiger charge is 2.19. The van der Waals surface area contributed by atoms with Gasteiger partial charge in [-0.2, -0.15) is 0 Å². The van der Waals surface area contributed by atoms with E-state index in [9.17, 15) is 4.79 Å². The lowest BCUT2D eigenvalue weighted by molar-refractivity contribution is -0.127. The first kappa shape index (κ1) is 19.4. The molecule has 1 aliphatic rings. The van der Waals surface area contributed by atoms with Gasteiger partial charge >= 0.3 is 0 Å². The van der Waals surface area contributed by atoms with Gasteiger partial charge < -0.3 is 19.9 Å². The Balaban J connectivity index is 0.00000361. The van der Waals surface area contributed by atoms with Crippen molar-refractivity contribution in [2.75, 3.05) is 54.0 Å². The SMILES string of the molecule is CCNC(=NCC(=O)N(C)C)N(C)CC1CCOC1.I. The van der Waals surface area contributed by atoms with E-state index in [0.717, 1.165) is 38.7 Å². The summed E-state index contributed by atoms with van der Waals surface area (Å²) in [5.74, 6) is 1.34. The third kappa shape index (κ3) is 6.74. The van der Waals surface area contributed by atoms with Gasteiger partial charge in [0, 0.05) is 46.8 Å². The molecule has 1 N–H and O–H groups in total. The number of amides is 1. The first-order valence-electron chi connectivity index (χ1n) is 6.82. The first-order chi connectivity index (χ1) is 9.04. The summed E-state index contributed by atoms with van der Waals surface area (Å²) < 4.78 is 5.38. The van der Waals surface area contributed by atoms with Crippen molar-refractivity contribution in [2.45, 2.75) is 13.3 Å². The van der Waals surface area contributed by atoms with E-state index in [4.69, 9.17) is 4.74 Å². The Bertz CT molecular complexity index is 317. The summed E-state index contributed by atoms with van der Waals surface area (Å²) in [6.07, 6.45) is 1.10. The maximum atomic E-state index is 11.6. The predicted molar refractivity (Wildman–Crippen MR) is 91.6 cm³/mol. The molecular weight excluding hydrogens is 371 g/mol. The molecule has 1 fully saturated rings. The van der Waals surface area contributed by atoms with Gasteiger partial charge in [0.2, 0.25) is 5.91 Å². The van der Waals surface area contributed by atoms with Crippen LogP contribution in [0.25, 0.3) is 0 Å². The zero-order valence-electron chi connectivity index (χ0n) is 12.9. The Morgan fingerprint density at radius 1 is 1.40 bits per heavy atom. The molecule has 0 radical (unpaired) electrons. The first-order valence-corrected chi connectivity index (χ1v) is 6.82. The molecule has 0 aromatic rings. The van der Waals surface area contributed by atoms with Crippen LogP contribution in [0.4, 0.5) is 0 Å². The van der Waals surface area contributed by atoms with Crippen LogP contribution in [-0.2, 0) is 9.53 Å². The van der Waals surface area contributed by atoms with Gasteiger partial charge in [0.25, 0.3) is 0 Å². The van der Waals surface area contributed by atoms with Crippen molar-refractivity contribution < 1.29 is 9.53 Å². The molecule has 0 spiro atoms. The zero-order valence-corrected chi connectivity index (χ0v) is 15.2. The maximum absolute atomic E-state index is 11.6. The van der Waals surface area contributed by atoms with E-state index in [0.29, 0.717) is 5.92 Å². The molecule has 6 nitrogen and oxygen atoms in total. The second-order valence-electron chi connectivity index (χ2n) is 5.07. The standard InChI is InChI=1S/C13H26N4O2.HI/c1-5-14-13(15-8-12(18)16(2)3)17(4)9-11-6-7-19-10-11;/h11H,5-10H2,1-4H3,(H,14,15);1H. The predicted octanol–water partition coefficient (Wildman–Crippen LogP) is 0.626. The lowest BCUT2D eigenvalue weighted by atomic mass is 10.1. The Morgan fingerprint density at radius 2 is 2.10 bits per heavy atom. The number of carbonyl (C=O) groups excluding carboxylic acids is 1. The van der Waals surface area contributed by atoms with Crippen molar-refractivity contribution in [1.29, 1.82) is 0 Å². The Labute approximate surface area is 138 Å². The molecule has 1 rings (SSSR count). The normalized spacial score (nSPS) is 18.4. The van der Waals surface area contributed by atoms with Crippen LogP contribution >= 0.6 is 24.0 Å². The smallest absolute Gasteiger partial charge is 0.243 e. The minimum atomic E-state index is 0. The maximum Gasteiger partial charge on any atom is 0.243 e. The van der Waals surface area contributed by atoms with E-state index in [2.05, 4.69) is 15.2 Å². The van der Waals surface area contributed by atoms with Crippen LogP contribution in [0, 0.1) is 5.92 Å². The molecule has 1 aliphatic heterocycles. The zero-order chi connectivity index (χ0) is 14.3. The molecule has 0 aromatic carbocycles. The fourth-order valence-corrected chi connectivity index (χ4v) is 1.95. The average molecular weight is 398 g/mol. The molecule has 1 saturated heterocycles. The Hall–Kier alpha value is -0.570. The minimum absolute atomic E-state index is 0. The molecule has 118 valence electrons. The average Bonchev–Trinajstić information content (AvgIpc) is 2.86. The number of ether oxygens (including phenoxy) is 1. The van der Waals surface area contributed by atoms with Gasteiger partial charge in [0.15, 0.2) is 5.96 Å². The van der Waals surface area contributed by atoms with Crippen molar-refractivity contribution >= 4 is 35.8 Å². The van der Waals surface area contributed by atoms with Gasteiger partial charge in [-0.15, -0.1) is 24.0 Å². The molecule has 1 unspecified atom stereocenters. The lowest BCUT2D eigenvalue weighted by Crippen LogP contribution is -2.42. The molecule has 20 heavy (non-hydrogen) atoms. The summed E-state index contributed by atoms with van der Waals surface area (Å²) >= 11 is 0. The van der Waals surface area contributed by atoms with Gasteiger partial charge in [0.05, 0.1) is 6.61 Å². The fourth-order valence-electron chi connectivity index (χ4n) is 1.95. The Morgan fingerprint density at radius 3 is 2.60 bits per heavy atom. The highest BCUT2D eigenvalue weighted by molar-refractivity contribution is 14.0. The number of carbonyl (C=O) groups is 1. The van der Waals surface area contributed by atoms with Gasteiger partial charge in [-0.3, -0.25) is 4.79 Å². The van der Waals surface area contributed by atoms with E-state index in [1.54, 1.807) is 19.0 Å². The molecule has 1 heterocycles. The third-order valence-corrected chi connectivity index (χ3v) is 3.12. The van der Waals surface area contributed by atoms with Crippen LogP contribution < -0.4 is 5.32 Å². The van der Waals surface area contributed by atoms with Crippen LogP contribution in [0.1, 0.15) is 13.3 Å². The summed E-state index contributed by atoms with van der Waals surface area (Å²) in [5, 5.41) is 3.21. The summed E-state index contributed by atoms with van der Waals surface area (Å²) in [6, 6.07) is 0. The lowest BCUT2D eigenvalue weighted by Gasteiger charge is -2.24. The van der Waals surface area contributed by atoms with E-state index in [-0.39, 0.29) is 36.4 Å². The molecule has 7 heteroatoms. The number of aliphatic imine (C=N–C) groups is 1. The molecule has 1 atom stereocenters. The van der Waals surface area contributed by atoms with Crippen LogP contribution in [-0.4, -0.2) is 75.7 Å². The number of likely N-dealkylation sites (N-methyl/N-ethyl adjacent to an activating group) is 1. The van der Waals surface area contributed by atoms with Crippen molar-refractivity contribution in [3.8, 4) is 0 Å². The van der Waals surface area contributed by atoms with Crippen LogP contribution in [0.5, 0.6) is 0 Å². The van der Waals surface area contributed by atoms with Crippen molar-refractivity contribution in [3.05, 3.63) is 0 Å². The quantitative estimate of drug-likeness (QED) is 0.419. The van der Waals surface area contributed by atoms with E-state index in [1.165, 1.54) is 0 Å². The summed E-state index contributed by atoms with van der Waals surface area (Å²) in [5.41, 5.74) is 0. The van der Waals surface area contributed by atoms with Gasteiger partial charge in [0.1, 0.15) is 6.54 Å². The number of nitrogens with zero attached hydrogens (tertiary/aromatic N) is 3. The monoisotopic (exact) mass is 398 g/mol. The number of rotatable bonds is 5. The summed E-state index contributed by atoms with van der Waals surface area (Å²) in [7, 11) is 5.48. The molecule has 1 amide bonds. The van der Waals surface area contributed by atoms with Crippen LogP contribution in [0.2, 0.25) is 0 Å². The topological polar surface area (TPSA) is 57.2 Å². The summed E-state index contributed by atoms with van der Waals surface area (Å²) in [4.78, 5) is 19.6. The second-order valence-corrected chi connectivity index (χ2v) is 5.07. The van der Waals surface area contributed by atoms with Crippen LogP contribution in [0.3, 0.4) is 0 Å². The minimum Gasteiger partial charge on any atom is -0.381 e. The van der Waals surface area contributed by atoms with E-state index >= 15 is 0 Å². The van der Waals surface area contributed by atoms with Crippen molar-refractivity contribution in [2.24, 2.45) is 10.9 Å². The number of hydrogen-bond acceptors (Lipinski definition) is 3. The van der Waals surface area contributed by atoms with Gasteiger partial charge in [-0.1, -0.05) is 0 Å². The second kappa shape index (κ2) is 10.2. The number of guanidine groups is 1. The fraction of sp³-hybridized carbons (Fsp3) is 0.846. The van der Waals surface area contributed by atoms with Gasteiger partial charge in [-0.25, -0.2) is 4.99 Å². The van der Waals surface area contributed by atoms with Crippen molar-refractivity contribution in [1.82, 2.24) is 15.1 Å². The third-order valence-electron chi connectivity index (χ3n) is 3.12. The van der Waals surface area contributed by atoms with Crippen molar-refractivity contribution in [3.63, 3.8) is 0 Å². The molecule has 0 bridgehead atoms.